The molecule has 2 amide bonds. The lowest BCUT2D eigenvalue weighted by atomic mass is 9.92. The van der Waals surface area contributed by atoms with Crippen LogP contribution in [0.1, 0.15) is 73.5 Å². The van der Waals surface area contributed by atoms with Crippen molar-refractivity contribution < 1.29 is 33.7 Å². The molecule has 11 nitrogen and oxygen atoms in total. The maximum atomic E-state index is 14.1. The Bertz CT molecular complexity index is 1420. The van der Waals surface area contributed by atoms with E-state index in [0.717, 1.165) is 5.56 Å². The van der Waals surface area contributed by atoms with Crippen molar-refractivity contribution in [3.8, 4) is 16.5 Å². The smallest absolute Gasteiger partial charge is 0.261 e. The summed E-state index contributed by atoms with van der Waals surface area (Å²) < 4.78 is 18.0. The number of ether oxygens (including phenoxy) is 2. The normalized spacial score (nSPS) is 22.9. The molecule has 226 valence electrons. The Balaban J connectivity index is 1.63. The molecular weight excluding hydrogens is 560 g/mol. The van der Waals surface area contributed by atoms with E-state index in [9.17, 15) is 19.8 Å². The minimum Gasteiger partial charge on any atom is -0.496 e. The molecule has 0 radical (unpaired) electrons. The first-order valence-electron chi connectivity index (χ1n) is 14.2. The number of para-hydroxylation sites is 1. The molecule has 3 heterocycles. The molecule has 4 N–H and O–H groups in total. The van der Waals surface area contributed by atoms with Crippen molar-refractivity contribution in [1.82, 2.24) is 9.88 Å². The lowest BCUT2D eigenvalue weighted by Crippen LogP contribution is -2.67. The van der Waals surface area contributed by atoms with Gasteiger partial charge in [0.1, 0.15) is 28.7 Å². The third-order valence-electron chi connectivity index (χ3n) is 8.56. The average molecular weight is 599 g/mol. The van der Waals surface area contributed by atoms with Crippen molar-refractivity contribution in [3.63, 3.8) is 0 Å². The Hall–Kier alpha value is -3.45. The topological polar surface area (TPSA) is 152 Å². The van der Waals surface area contributed by atoms with E-state index in [1.807, 2.05) is 24.3 Å². The summed E-state index contributed by atoms with van der Waals surface area (Å²) in [7, 11) is 1.59. The number of nitrogens with two attached hydrogens (primary N) is 1. The van der Waals surface area contributed by atoms with Crippen LogP contribution in [0, 0.1) is 6.92 Å². The molecule has 1 fully saturated rings. The number of hydrogen-bond donors (Lipinski definition) is 3. The van der Waals surface area contributed by atoms with Crippen LogP contribution in [0.4, 0.5) is 5.00 Å². The van der Waals surface area contributed by atoms with Crippen molar-refractivity contribution in [2.45, 2.75) is 83.1 Å². The SMILES string of the molecule is CCC(C)(C(N)=O)N1C(=O)c2c(sc(-c3ncco3)c2C)N(C[C@H](O[C@H]2CC[C@@H](O)CC2)c2ccccc2OC)C1O. The van der Waals surface area contributed by atoms with Crippen LogP contribution in [0.2, 0.25) is 0 Å². The highest BCUT2D eigenvalue weighted by Crippen LogP contribution is 2.48. The van der Waals surface area contributed by atoms with Gasteiger partial charge in [-0.3, -0.25) is 14.5 Å². The van der Waals surface area contributed by atoms with Crippen LogP contribution >= 0.6 is 11.3 Å². The van der Waals surface area contributed by atoms with Gasteiger partial charge in [-0.2, -0.15) is 0 Å². The molecule has 1 aliphatic carbocycles. The number of aromatic nitrogens is 1. The largest absolute Gasteiger partial charge is 0.496 e. The molecule has 42 heavy (non-hydrogen) atoms. The number of carbonyl (C=O) groups is 2. The van der Waals surface area contributed by atoms with Crippen molar-refractivity contribution >= 4 is 28.2 Å². The van der Waals surface area contributed by atoms with E-state index in [1.54, 1.807) is 32.8 Å². The second-order valence-electron chi connectivity index (χ2n) is 11.0. The number of aliphatic hydroxyl groups excluding tert-OH is 2. The number of benzene rings is 1. The van der Waals surface area contributed by atoms with E-state index in [-0.39, 0.29) is 25.2 Å². The molecule has 12 heteroatoms. The van der Waals surface area contributed by atoms with Crippen LogP contribution in [0.25, 0.3) is 10.8 Å². The number of oxazole rings is 1. The highest BCUT2D eigenvalue weighted by atomic mass is 32.1. The number of aliphatic hydroxyl groups is 2. The molecule has 3 aromatic rings. The van der Waals surface area contributed by atoms with Gasteiger partial charge in [0.15, 0.2) is 0 Å². The molecule has 2 unspecified atom stereocenters. The standard InChI is InChI=1S/C30H38N4O7S/c1-5-30(3,28(31)37)34-26(36)23-17(2)24(25-32-14-15-40-25)42-27(23)33(29(34)38)16-22(20-8-6-7-9-21(20)39-4)41-19-12-10-18(35)11-13-19/h6-9,14-15,18-19,22,29,35,38H,5,10-13,16H2,1-4H3,(H2,31,37)/t18-,19+,22-,29?,30?/m0/s1. The maximum Gasteiger partial charge on any atom is 0.261 e. The summed E-state index contributed by atoms with van der Waals surface area (Å²) in [5.41, 5.74) is 6.12. The monoisotopic (exact) mass is 598 g/mol. The second-order valence-corrected chi connectivity index (χ2v) is 12.0. The molecule has 5 rings (SSSR count). The van der Waals surface area contributed by atoms with E-state index in [0.29, 0.717) is 58.3 Å². The molecule has 3 atom stereocenters. The highest BCUT2D eigenvalue weighted by Gasteiger charge is 2.51. The summed E-state index contributed by atoms with van der Waals surface area (Å²) >= 11 is 1.28. The van der Waals surface area contributed by atoms with Crippen LogP contribution in [0.15, 0.2) is 41.1 Å². The van der Waals surface area contributed by atoms with Gasteiger partial charge in [-0.1, -0.05) is 25.1 Å². The fourth-order valence-corrected chi connectivity index (χ4v) is 7.09. The van der Waals surface area contributed by atoms with E-state index >= 15 is 0 Å². The van der Waals surface area contributed by atoms with Crippen LogP contribution < -0.4 is 15.4 Å². The Kier molecular flexibility index (Phi) is 8.61. The summed E-state index contributed by atoms with van der Waals surface area (Å²) in [6.45, 7) is 5.25. The zero-order chi connectivity index (χ0) is 30.2. The molecule has 1 aromatic carbocycles. The number of nitrogens with zero attached hydrogens (tertiary/aromatic N) is 3. The number of hydrogen-bond acceptors (Lipinski definition) is 10. The Morgan fingerprint density at radius 3 is 2.60 bits per heavy atom. The zero-order valence-corrected chi connectivity index (χ0v) is 25.1. The maximum absolute atomic E-state index is 14.1. The van der Waals surface area contributed by atoms with Gasteiger partial charge in [0.25, 0.3) is 5.91 Å². The third kappa shape index (κ3) is 5.28. The number of amides is 2. The van der Waals surface area contributed by atoms with E-state index in [1.165, 1.54) is 28.7 Å². The molecule has 1 aliphatic heterocycles. The zero-order valence-electron chi connectivity index (χ0n) is 24.3. The fourth-order valence-electron chi connectivity index (χ4n) is 5.82. The quantitative estimate of drug-likeness (QED) is 0.315. The summed E-state index contributed by atoms with van der Waals surface area (Å²) in [6, 6.07) is 7.53. The first-order valence-corrected chi connectivity index (χ1v) is 15.0. The van der Waals surface area contributed by atoms with Gasteiger partial charge in [0.05, 0.1) is 42.5 Å². The molecule has 1 saturated carbocycles. The number of thiophene rings is 1. The van der Waals surface area contributed by atoms with Crippen LogP contribution in [0.5, 0.6) is 5.75 Å². The number of rotatable bonds is 10. The molecule has 2 aliphatic rings. The lowest BCUT2D eigenvalue weighted by Gasteiger charge is -2.49. The first kappa shape index (κ1) is 30.0. The Morgan fingerprint density at radius 2 is 1.98 bits per heavy atom. The van der Waals surface area contributed by atoms with Crippen LogP contribution in [0.3, 0.4) is 0 Å². The number of carbonyl (C=O) groups excluding carboxylic acids is 2. The summed E-state index contributed by atoms with van der Waals surface area (Å²) in [5.74, 6) is -0.247. The van der Waals surface area contributed by atoms with E-state index < -0.39 is 29.8 Å². The van der Waals surface area contributed by atoms with Crippen molar-refractivity contribution in [1.29, 1.82) is 0 Å². The predicted octanol–water partition coefficient (Wildman–Crippen LogP) is 3.97. The number of anilines is 1. The minimum absolute atomic E-state index is 0.123. The highest BCUT2D eigenvalue weighted by molar-refractivity contribution is 7.20. The van der Waals surface area contributed by atoms with Gasteiger partial charge in [0.2, 0.25) is 18.1 Å². The number of methoxy groups -OCH3 is 1. The summed E-state index contributed by atoms with van der Waals surface area (Å²) in [4.78, 5) is 34.7. The number of primary amides is 1. The van der Waals surface area contributed by atoms with Gasteiger partial charge in [-0.05, 0) is 57.6 Å². The van der Waals surface area contributed by atoms with Gasteiger partial charge in [-0.15, -0.1) is 11.3 Å². The van der Waals surface area contributed by atoms with Gasteiger partial charge in [-0.25, -0.2) is 4.98 Å². The average Bonchev–Trinajstić information content (AvgIpc) is 3.63. The number of fused-ring (bicyclic) bond motifs is 1. The Morgan fingerprint density at radius 1 is 1.26 bits per heavy atom. The second kappa shape index (κ2) is 12.0. The van der Waals surface area contributed by atoms with Crippen LogP contribution in [-0.4, -0.2) is 69.7 Å². The van der Waals surface area contributed by atoms with Crippen LogP contribution in [-0.2, 0) is 9.53 Å². The molecule has 0 saturated heterocycles. The Labute approximate surface area is 248 Å². The van der Waals surface area contributed by atoms with Crippen molar-refractivity contribution in [2.75, 3.05) is 18.6 Å². The molecular formula is C30H38N4O7S. The molecule has 0 bridgehead atoms. The third-order valence-corrected chi connectivity index (χ3v) is 9.87. The summed E-state index contributed by atoms with van der Waals surface area (Å²) in [6.07, 6.45) is 3.26. The predicted molar refractivity (Wildman–Crippen MR) is 157 cm³/mol. The van der Waals surface area contributed by atoms with Gasteiger partial charge < -0.3 is 34.7 Å². The molecule has 0 spiro atoms. The van der Waals surface area contributed by atoms with E-state index in [4.69, 9.17) is 19.6 Å². The molecule has 2 aromatic heterocycles. The van der Waals surface area contributed by atoms with Gasteiger partial charge >= 0.3 is 0 Å². The fraction of sp³-hybridized carbons (Fsp3) is 0.500. The van der Waals surface area contributed by atoms with Crippen molar-refractivity contribution in [2.24, 2.45) is 5.73 Å². The van der Waals surface area contributed by atoms with Gasteiger partial charge in [0, 0.05) is 5.56 Å². The first-order chi connectivity index (χ1) is 20.1. The van der Waals surface area contributed by atoms with Crippen molar-refractivity contribution in [3.05, 3.63) is 53.4 Å². The lowest BCUT2D eigenvalue weighted by molar-refractivity contribution is -0.135. The van der Waals surface area contributed by atoms with E-state index in [2.05, 4.69) is 4.98 Å². The minimum atomic E-state index is -1.52. The summed E-state index contributed by atoms with van der Waals surface area (Å²) in [5, 5.41) is 22.5.